The number of aromatic amines is 1. The van der Waals surface area contributed by atoms with Gasteiger partial charge in [0.15, 0.2) is 5.65 Å². The van der Waals surface area contributed by atoms with Gasteiger partial charge in [-0.1, -0.05) is 0 Å². The summed E-state index contributed by atoms with van der Waals surface area (Å²) in [6, 6.07) is 6.05. The van der Waals surface area contributed by atoms with Crippen molar-refractivity contribution in [2.75, 3.05) is 0 Å². The molecule has 0 fully saturated rings. The number of aryl methyl sites for hydroxylation is 1. The molecule has 0 atom stereocenters. The fraction of sp³-hybridized carbons (Fsp3) is 0.105. The maximum absolute atomic E-state index is 14.3. The van der Waals surface area contributed by atoms with E-state index in [1.165, 1.54) is 6.07 Å². The number of nitrogens with one attached hydrogen (secondary N) is 1. The van der Waals surface area contributed by atoms with Gasteiger partial charge in [-0.05, 0) is 31.2 Å². The van der Waals surface area contributed by atoms with E-state index in [2.05, 4.69) is 15.1 Å². The molecule has 0 spiro atoms. The van der Waals surface area contributed by atoms with Gasteiger partial charge in [-0.3, -0.25) is 14.9 Å². The van der Waals surface area contributed by atoms with Gasteiger partial charge in [-0.15, -0.1) is 0 Å². The molecule has 0 saturated carbocycles. The fourth-order valence-electron chi connectivity index (χ4n) is 3.02. The van der Waals surface area contributed by atoms with Crippen LogP contribution in [-0.4, -0.2) is 57.3 Å². The average Bonchev–Trinajstić information content (AvgIpc) is 2.98. The molecule has 30 heavy (non-hydrogen) atoms. The summed E-state index contributed by atoms with van der Waals surface area (Å²) in [5.41, 5.74) is -0.662. The minimum Gasteiger partial charge on any atom is -1.00 e. The third kappa shape index (κ3) is 3.99. The molecule has 0 radical (unpaired) electrons. The maximum atomic E-state index is 14.3. The number of pyridine rings is 1. The van der Waals surface area contributed by atoms with Crippen LogP contribution in [-0.2, 0) is 6.18 Å². The van der Waals surface area contributed by atoms with Crippen molar-refractivity contribution in [1.82, 2.24) is 19.6 Å². The third-order valence-electron chi connectivity index (χ3n) is 4.35. The molecule has 152 valence electrons. The maximum Gasteiger partial charge on any atom is 2.00 e. The van der Waals surface area contributed by atoms with Crippen LogP contribution >= 0.6 is 0 Å². The van der Waals surface area contributed by atoms with E-state index < -0.39 is 29.1 Å². The summed E-state index contributed by atoms with van der Waals surface area (Å²) in [6.07, 6.45) is -3.64. The summed E-state index contributed by atoms with van der Waals surface area (Å²) >= 11 is 0. The zero-order chi connectivity index (χ0) is 20.9. The van der Waals surface area contributed by atoms with Crippen LogP contribution < -0.4 is 5.56 Å². The summed E-state index contributed by atoms with van der Waals surface area (Å²) in [7, 11) is 0. The zero-order valence-electron chi connectivity index (χ0n) is 17.4. The Morgan fingerprint density at radius 1 is 1.10 bits per heavy atom. The molecule has 1 aromatic carbocycles. The Hall–Kier alpha value is -2.30. The molecule has 0 bridgehead atoms. The summed E-state index contributed by atoms with van der Waals surface area (Å²) in [5, 5.41) is 2.76. The average molecular weight is 448 g/mol. The summed E-state index contributed by atoms with van der Waals surface area (Å²) in [4.78, 5) is 20.1. The minimum atomic E-state index is -4.60. The number of fused-ring (bicyclic) bond motifs is 1. The van der Waals surface area contributed by atoms with Crippen LogP contribution in [0, 0.1) is 18.6 Å². The van der Waals surface area contributed by atoms with Gasteiger partial charge in [-0.2, -0.15) is 13.2 Å². The molecular weight excluding hydrogens is 435 g/mol. The van der Waals surface area contributed by atoms with E-state index in [0.717, 1.165) is 35.0 Å². The van der Waals surface area contributed by atoms with Gasteiger partial charge in [0, 0.05) is 40.7 Å². The second kappa shape index (κ2) is 8.09. The first-order valence-corrected chi connectivity index (χ1v) is 8.26. The molecule has 4 aromatic rings. The summed E-state index contributed by atoms with van der Waals surface area (Å²) in [5.74, 6) is -1.60. The molecule has 0 aliphatic heterocycles. The van der Waals surface area contributed by atoms with Gasteiger partial charge >= 0.3 is 43.9 Å². The summed E-state index contributed by atoms with van der Waals surface area (Å²) in [6.45, 7) is 1.59. The van der Waals surface area contributed by atoms with Crippen LogP contribution in [0.4, 0.5) is 22.0 Å². The molecule has 0 aliphatic carbocycles. The van der Waals surface area contributed by atoms with Gasteiger partial charge in [0.05, 0.1) is 5.69 Å². The zero-order valence-corrected chi connectivity index (χ0v) is 17.6. The van der Waals surface area contributed by atoms with E-state index in [0.29, 0.717) is 11.8 Å². The summed E-state index contributed by atoms with van der Waals surface area (Å²) < 4.78 is 66.8. The van der Waals surface area contributed by atoms with Crippen LogP contribution in [0.5, 0.6) is 0 Å². The number of benzene rings is 1. The molecule has 3 aromatic heterocycles. The minimum absolute atomic E-state index is 0. The van der Waals surface area contributed by atoms with Crippen molar-refractivity contribution in [3.63, 3.8) is 0 Å². The van der Waals surface area contributed by atoms with E-state index in [1.807, 2.05) is 0 Å². The third-order valence-corrected chi connectivity index (χ3v) is 4.35. The molecule has 0 aliphatic rings. The Kier molecular flexibility index (Phi) is 6.03. The van der Waals surface area contributed by atoms with E-state index in [1.54, 1.807) is 6.92 Å². The molecule has 3 heterocycles. The van der Waals surface area contributed by atoms with E-state index in [4.69, 9.17) is 0 Å². The van der Waals surface area contributed by atoms with Crippen molar-refractivity contribution in [2.45, 2.75) is 13.1 Å². The Labute approximate surface area is 198 Å². The monoisotopic (exact) mass is 448 g/mol. The van der Waals surface area contributed by atoms with Crippen LogP contribution in [0.25, 0.3) is 28.0 Å². The first-order chi connectivity index (χ1) is 13.6. The van der Waals surface area contributed by atoms with Crippen molar-refractivity contribution in [3.05, 3.63) is 76.0 Å². The Morgan fingerprint density at radius 2 is 1.83 bits per heavy atom. The molecule has 1 N–H and O–H groups in total. The van der Waals surface area contributed by atoms with Gasteiger partial charge < -0.3 is 2.85 Å². The first kappa shape index (κ1) is 22.4. The number of aromatic nitrogens is 4. The Balaban J connectivity index is 0.00000171. The van der Waals surface area contributed by atoms with Crippen molar-refractivity contribution in [3.8, 4) is 22.4 Å². The number of nitrogens with zero attached hydrogens (tertiary/aromatic N) is 3. The number of H-pyrrole nitrogens is 1. The number of halogens is 5. The second-order valence-electron chi connectivity index (χ2n) is 6.30. The second-order valence-corrected chi connectivity index (χ2v) is 6.30. The quantitative estimate of drug-likeness (QED) is 0.369. The van der Waals surface area contributed by atoms with Gasteiger partial charge in [0.25, 0.3) is 5.56 Å². The van der Waals surface area contributed by atoms with E-state index in [9.17, 15) is 26.7 Å². The molecule has 0 unspecified atom stereocenters. The Morgan fingerprint density at radius 3 is 2.43 bits per heavy atom. The Bertz CT molecular complexity index is 1310. The molecule has 4 rings (SSSR count). The molecule has 5 nitrogen and oxygen atoms in total. The number of hydrogen-bond acceptors (Lipinski definition) is 3. The molecule has 0 amide bonds. The van der Waals surface area contributed by atoms with Crippen LogP contribution in [0.1, 0.15) is 14.2 Å². The standard InChI is InChI=1S/C19H11F5N4O.Ca.2H/c1-9-17(12-4-3-11(20)6-13(12)21)18-26-14(7-16(29)28(18)27-9)10-2-5-15(25-8-10)19(22,23)24;;;/h2-8,27H,1H3;;;/q;+2;2*-1. The molecule has 0 saturated heterocycles. The predicted molar refractivity (Wildman–Crippen MR) is 102 cm³/mol. The van der Waals surface area contributed by atoms with Gasteiger partial charge in [0.2, 0.25) is 0 Å². The van der Waals surface area contributed by atoms with E-state index >= 15 is 0 Å². The van der Waals surface area contributed by atoms with Gasteiger partial charge in [0.1, 0.15) is 17.3 Å². The smallest absolute Gasteiger partial charge is 1.00 e. The van der Waals surface area contributed by atoms with Crippen LogP contribution in [0.3, 0.4) is 0 Å². The molecular formula is C19H13CaF5N4O. The normalized spacial score (nSPS) is 11.5. The number of alkyl halides is 3. The molecule has 11 heteroatoms. The topological polar surface area (TPSA) is 63.0 Å². The van der Waals surface area contributed by atoms with Crippen LogP contribution in [0.15, 0.2) is 47.4 Å². The first-order valence-electron chi connectivity index (χ1n) is 8.26. The van der Waals surface area contributed by atoms with Crippen LogP contribution in [0.2, 0.25) is 0 Å². The van der Waals surface area contributed by atoms with E-state index in [-0.39, 0.29) is 68.6 Å². The number of hydrogen-bond donors (Lipinski definition) is 1. The van der Waals surface area contributed by atoms with Crippen molar-refractivity contribution >= 4 is 43.4 Å². The van der Waals surface area contributed by atoms with Crippen molar-refractivity contribution < 1.29 is 24.8 Å². The fourth-order valence-corrected chi connectivity index (χ4v) is 3.02. The predicted octanol–water partition coefficient (Wildman–Crippen LogP) is 4.20. The van der Waals surface area contributed by atoms with Crippen molar-refractivity contribution in [2.24, 2.45) is 0 Å². The van der Waals surface area contributed by atoms with Gasteiger partial charge in [-0.25, -0.2) is 18.3 Å². The number of rotatable bonds is 2. The largest absolute Gasteiger partial charge is 2.00 e. The SMILES string of the molecule is Cc1[nH]n2c(=O)cc(-c3ccc(C(F)(F)F)nc3)nc2c1-c1ccc(F)cc1F.[Ca+2].[H-].[H-]. The van der Waals surface area contributed by atoms with Crippen molar-refractivity contribution in [1.29, 1.82) is 0 Å².